The molecule has 1 spiro atoms. The number of nitrogens with zero attached hydrogens (tertiary/aromatic N) is 4. The van der Waals surface area contributed by atoms with Gasteiger partial charge < -0.3 is 23.8 Å². The summed E-state index contributed by atoms with van der Waals surface area (Å²) in [6, 6.07) is 11.5. The number of fused-ring (bicyclic) bond motifs is 4. The van der Waals surface area contributed by atoms with Crippen LogP contribution in [0.5, 0.6) is 11.6 Å². The molecule has 7 atom stereocenters. The second kappa shape index (κ2) is 15.2. The van der Waals surface area contributed by atoms with Gasteiger partial charge in [0, 0.05) is 56.6 Å². The highest BCUT2D eigenvalue weighted by Crippen LogP contribution is 2.47. The van der Waals surface area contributed by atoms with Crippen molar-refractivity contribution in [3.8, 4) is 11.6 Å². The molecule has 53 heavy (non-hydrogen) atoms. The summed E-state index contributed by atoms with van der Waals surface area (Å²) in [5, 5.41) is 4.89. The Hall–Kier alpha value is -3.65. The van der Waals surface area contributed by atoms with Crippen LogP contribution in [0.2, 0.25) is 5.02 Å². The molecule has 1 saturated carbocycles. The summed E-state index contributed by atoms with van der Waals surface area (Å²) < 4.78 is 47.2. The van der Waals surface area contributed by atoms with Gasteiger partial charge in [0.1, 0.15) is 21.2 Å². The molecule has 0 radical (unpaired) electrons. The van der Waals surface area contributed by atoms with Crippen LogP contribution in [0.4, 0.5) is 5.69 Å². The fourth-order valence-electron chi connectivity index (χ4n) is 9.04. The molecule has 0 saturated heterocycles. The highest BCUT2D eigenvalue weighted by atomic mass is 35.5. The molecule has 286 valence electrons. The highest BCUT2D eigenvalue weighted by Gasteiger charge is 2.45. The van der Waals surface area contributed by atoms with Gasteiger partial charge in [0.25, 0.3) is 11.8 Å². The SMILES string of the molecule is COc1nn(C)cc1C(=O)NS1(=O)=NC(=O)c2ccc3c(c2)N(C[C@@H]2CC[C@H]2[C@@H](OC)CC[C@H](OC)[C@H](C)C1)C[C@@]1(CCCc2cc(Cl)ccc21)CO3. The molecular formula is C39H50ClN5O7S. The average molecular weight is 768 g/mol. The summed E-state index contributed by atoms with van der Waals surface area (Å²) in [5.41, 5.74) is 3.39. The summed E-state index contributed by atoms with van der Waals surface area (Å²) >= 11 is 6.47. The molecule has 12 nitrogen and oxygen atoms in total. The van der Waals surface area contributed by atoms with E-state index in [9.17, 15) is 13.8 Å². The molecule has 2 aromatic carbocycles. The number of carbonyl (C=O) groups excluding carboxylic acids is 2. The normalized spacial score (nSPS) is 30.2. The molecule has 3 aromatic rings. The van der Waals surface area contributed by atoms with Crippen molar-refractivity contribution in [3.05, 3.63) is 69.9 Å². The van der Waals surface area contributed by atoms with E-state index in [1.807, 2.05) is 25.1 Å². The minimum absolute atomic E-state index is 0.0143. The molecule has 1 aromatic heterocycles. The number of anilines is 1. The van der Waals surface area contributed by atoms with Crippen LogP contribution < -0.4 is 19.1 Å². The van der Waals surface area contributed by atoms with E-state index in [1.54, 1.807) is 27.3 Å². The topological polar surface area (TPSA) is 134 Å². The third kappa shape index (κ3) is 7.54. The van der Waals surface area contributed by atoms with Crippen molar-refractivity contribution in [2.45, 2.75) is 69.5 Å². The van der Waals surface area contributed by atoms with Gasteiger partial charge in [-0.2, -0.15) is 0 Å². The number of hydrogen-bond acceptors (Lipinski definition) is 9. The lowest BCUT2D eigenvalue weighted by atomic mass is 9.68. The number of ether oxygens (including phenoxy) is 4. The molecule has 1 unspecified atom stereocenters. The molecule has 1 fully saturated rings. The van der Waals surface area contributed by atoms with E-state index in [-0.39, 0.29) is 46.3 Å². The Bertz CT molecular complexity index is 2000. The minimum Gasteiger partial charge on any atom is -0.490 e. The van der Waals surface area contributed by atoms with Crippen LogP contribution in [0.25, 0.3) is 0 Å². The van der Waals surface area contributed by atoms with Crippen molar-refractivity contribution in [1.82, 2.24) is 14.5 Å². The van der Waals surface area contributed by atoms with Gasteiger partial charge in [-0.15, -0.1) is 9.46 Å². The number of aryl methyl sites for hydroxylation is 2. The molecule has 2 aliphatic carbocycles. The van der Waals surface area contributed by atoms with Gasteiger partial charge >= 0.3 is 0 Å². The Morgan fingerprint density at radius 1 is 1.08 bits per heavy atom. The fraction of sp³-hybridized carbons (Fsp3) is 0.564. The number of halogens is 1. The van der Waals surface area contributed by atoms with Crippen LogP contribution in [0.3, 0.4) is 0 Å². The quantitative estimate of drug-likeness (QED) is 0.332. The number of nitrogens with one attached hydrogen (secondary N) is 1. The maximum Gasteiger partial charge on any atom is 0.286 e. The Kier molecular flexibility index (Phi) is 10.8. The van der Waals surface area contributed by atoms with Gasteiger partial charge in [0.15, 0.2) is 0 Å². The largest absolute Gasteiger partial charge is 0.490 e. The number of carbonyl (C=O) groups is 2. The van der Waals surface area contributed by atoms with E-state index in [2.05, 4.69) is 31.2 Å². The standard InChI is InChI=1S/C39H50ClN5O7S/c1-24-21-53(48,43-37(47)30-20-44(2)41-38(30)51-5)42-36(46)26-9-13-35-32(18-26)45(19-27-8-11-29(27)34(50-4)15-14-33(24)49-3)22-39(23-52-35)16-6-7-25-17-28(40)10-12-31(25)39/h9-10,12-13,17-18,20,24,27,29,33-34H,6-8,11,14-16,19,21-23H2,1-5H3,(H,42,43,46,47,48)/t24-,27+,29-,33+,34+,39+,53?/m1/s1. The third-order valence-electron chi connectivity index (χ3n) is 11.9. The summed E-state index contributed by atoms with van der Waals surface area (Å²) in [6.07, 6.45) is 7.66. The Labute approximate surface area is 317 Å². The van der Waals surface area contributed by atoms with Crippen molar-refractivity contribution >= 4 is 39.0 Å². The number of aromatic nitrogens is 2. The molecule has 3 heterocycles. The first-order chi connectivity index (χ1) is 25.4. The van der Waals surface area contributed by atoms with Crippen molar-refractivity contribution in [3.63, 3.8) is 0 Å². The zero-order valence-electron chi connectivity index (χ0n) is 31.1. The maximum atomic E-state index is 14.8. The van der Waals surface area contributed by atoms with E-state index >= 15 is 0 Å². The Morgan fingerprint density at radius 3 is 2.60 bits per heavy atom. The van der Waals surface area contributed by atoms with Crippen LogP contribution in [-0.4, -0.2) is 84.8 Å². The molecule has 2 aliphatic heterocycles. The van der Waals surface area contributed by atoms with E-state index in [4.69, 9.17) is 30.5 Å². The molecule has 2 bridgehead atoms. The molecular weight excluding hydrogens is 718 g/mol. The number of methoxy groups -OCH3 is 3. The van der Waals surface area contributed by atoms with Crippen LogP contribution in [0.15, 0.2) is 47.0 Å². The first-order valence-electron chi connectivity index (χ1n) is 18.5. The van der Waals surface area contributed by atoms with E-state index in [0.29, 0.717) is 37.2 Å². The van der Waals surface area contributed by atoms with Crippen LogP contribution in [0.1, 0.15) is 77.3 Å². The van der Waals surface area contributed by atoms with Gasteiger partial charge in [0.2, 0.25) is 5.88 Å². The molecule has 4 aliphatic rings. The van der Waals surface area contributed by atoms with Crippen molar-refractivity contribution in [2.75, 3.05) is 51.7 Å². The number of hydrogen-bond donors (Lipinski definition) is 1. The summed E-state index contributed by atoms with van der Waals surface area (Å²) in [7, 11) is 2.79. The first-order valence-corrected chi connectivity index (χ1v) is 20.6. The van der Waals surface area contributed by atoms with E-state index in [1.165, 1.54) is 29.1 Å². The van der Waals surface area contributed by atoms with E-state index in [0.717, 1.165) is 55.8 Å². The van der Waals surface area contributed by atoms with Crippen molar-refractivity contribution in [2.24, 2.45) is 29.2 Å². The Balaban J connectivity index is 1.31. The molecule has 14 heteroatoms. The van der Waals surface area contributed by atoms with Gasteiger partial charge in [-0.05, 0) is 104 Å². The summed E-state index contributed by atoms with van der Waals surface area (Å²) in [4.78, 5) is 30.2. The van der Waals surface area contributed by atoms with Crippen molar-refractivity contribution < 1.29 is 32.7 Å². The zero-order valence-corrected chi connectivity index (χ0v) is 32.7. The number of rotatable bonds is 5. The summed E-state index contributed by atoms with van der Waals surface area (Å²) in [6.45, 7) is 3.87. The lowest BCUT2D eigenvalue weighted by Gasteiger charge is -2.46. The van der Waals surface area contributed by atoms with Gasteiger partial charge in [-0.25, -0.2) is 4.21 Å². The van der Waals surface area contributed by atoms with Crippen LogP contribution in [-0.2, 0) is 38.3 Å². The summed E-state index contributed by atoms with van der Waals surface area (Å²) in [5.74, 6) is -0.351. The van der Waals surface area contributed by atoms with Gasteiger partial charge in [-0.1, -0.05) is 24.6 Å². The smallest absolute Gasteiger partial charge is 0.286 e. The third-order valence-corrected chi connectivity index (χ3v) is 14.1. The predicted octanol–water partition coefficient (Wildman–Crippen LogP) is 5.99. The highest BCUT2D eigenvalue weighted by molar-refractivity contribution is 7.92. The fourth-order valence-corrected chi connectivity index (χ4v) is 11.1. The molecule has 7 rings (SSSR count). The van der Waals surface area contributed by atoms with E-state index < -0.39 is 21.7 Å². The number of benzene rings is 2. The minimum atomic E-state index is -3.68. The lowest BCUT2D eigenvalue weighted by Crippen LogP contribution is -2.50. The zero-order chi connectivity index (χ0) is 37.5. The number of amides is 2. The monoisotopic (exact) mass is 767 g/mol. The second-order valence-electron chi connectivity index (χ2n) is 15.3. The Morgan fingerprint density at radius 2 is 1.87 bits per heavy atom. The van der Waals surface area contributed by atoms with Crippen LogP contribution in [0, 0.1) is 17.8 Å². The lowest BCUT2D eigenvalue weighted by molar-refractivity contribution is -0.0341. The predicted molar refractivity (Wildman–Crippen MR) is 203 cm³/mol. The molecule has 1 N–H and O–H groups in total. The average Bonchev–Trinajstić information content (AvgIpc) is 3.44. The van der Waals surface area contributed by atoms with Gasteiger partial charge in [0.05, 0.1) is 37.4 Å². The van der Waals surface area contributed by atoms with Crippen LogP contribution >= 0.6 is 11.6 Å². The van der Waals surface area contributed by atoms with Crippen molar-refractivity contribution in [1.29, 1.82) is 0 Å². The second-order valence-corrected chi connectivity index (χ2v) is 17.7. The first kappa shape index (κ1) is 37.7. The maximum absolute atomic E-state index is 14.8. The van der Waals surface area contributed by atoms with Gasteiger partial charge in [-0.3, -0.25) is 19.0 Å². The molecule has 2 amide bonds.